The van der Waals surface area contributed by atoms with Crippen LogP contribution in [0.25, 0.3) is 11.2 Å². The molecule has 0 radical (unpaired) electrons. The van der Waals surface area contributed by atoms with Crippen molar-refractivity contribution < 1.29 is 9.59 Å². The maximum absolute atomic E-state index is 12.2. The van der Waals surface area contributed by atoms with E-state index >= 15 is 0 Å². The van der Waals surface area contributed by atoms with Gasteiger partial charge in [0.05, 0.1) is 12.7 Å². The van der Waals surface area contributed by atoms with Gasteiger partial charge in [0.25, 0.3) is 5.56 Å². The molecule has 0 atom stereocenters. The summed E-state index contributed by atoms with van der Waals surface area (Å²) in [5, 5.41) is 2.64. The van der Waals surface area contributed by atoms with Gasteiger partial charge < -0.3 is 9.88 Å². The molecule has 2 aromatic heterocycles. The summed E-state index contributed by atoms with van der Waals surface area (Å²) in [6, 6.07) is 0. The van der Waals surface area contributed by atoms with Crippen LogP contribution in [-0.4, -0.2) is 36.9 Å². The predicted molar refractivity (Wildman–Crippen MR) is 83.1 cm³/mol. The van der Waals surface area contributed by atoms with Gasteiger partial charge in [0, 0.05) is 27.2 Å². The Balaban J connectivity index is 2.11. The van der Waals surface area contributed by atoms with Crippen LogP contribution in [0.1, 0.15) is 19.8 Å². The number of hydrogen-bond acceptors (Lipinski definition) is 5. The van der Waals surface area contributed by atoms with Crippen LogP contribution in [0.2, 0.25) is 0 Å². The molecule has 2 aromatic rings. The van der Waals surface area contributed by atoms with Crippen molar-refractivity contribution in [2.45, 2.75) is 26.3 Å². The SMILES string of the molecule is CC(=O)CC(=O)NCCCn1cnc2c1c(=O)n(C)c(=O)n2C. The van der Waals surface area contributed by atoms with E-state index in [0.717, 1.165) is 4.57 Å². The summed E-state index contributed by atoms with van der Waals surface area (Å²) >= 11 is 0. The number of carbonyl (C=O) groups excluding carboxylic acids is 2. The van der Waals surface area contributed by atoms with Gasteiger partial charge in [-0.05, 0) is 13.3 Å². The first kappa shape index (κ1) is 16.7. The molecule has 1 amide bonds. The maximum atomic E-state index is 12.2. The number of fused-ring (bicyclic) bond motifs is 1. The number of carbonyl (C=O) groups is 2. The lowest BCUT2D eigenvalue weighted by Crippen LogP contribution is -2.37. The largest absolute Gasteiger partial charge is 0.356 e. The molecule has 1 N–H and O–H groups in total. The Kier molecular flexibility index (Phi) is 4.77. The van der Waals surface area contributed by atoms with E-state index in [2.05, 4.69) is 10.3 Å². The van der Waals surface area contributed by atoms with Gasteiger partial charge in [-0.25, -0.2) is 9.78 Å². The average Bonchev–Trinajstić information content (AvgIpc) is 2.90. The lowest BCUT2D eigenvalue weighted by molar-refractivity contribution is -0.127. The van der Waals surface area contributed by atoms with Crippen LogP contribution in [0.4, 0.5) is 0 Å². The molecular formula is C14H19N5O4. The molecule has 9 heteroatoms. The number of rotatable bonds is 6. The van der Waals surface area contributed by atoms with Crippen molar-refractivity contribution in [3.8, 4) is 0 Å². The van der Waals surface area contributed by atoms with Crippen LogP contribution in [0.3, 0.4) is 0 Å². The van der Waals surface area contributed by atoms with Gasteiger partial charge in [0.2, 0.25) is 5.91 Å². The number of ketones is 1. The molecule has 0 aliphatic heterocycles. The highest BCUT2D eigenvalue weighted by molar-refractivity contribution is 5.96. The minimum atomic E-state index is -0.427. The first-order chi connectivity index (χ1) is 10.8. The minimum absolute atomic E-state index is 0.128. The van der Waals surface area contributed by atoms with Crippen LogP contribution >= 0.6 is 0 Å². The van der Waals surface area contributed by atoms with Crippen molar-refractivity contribution in [2.24, 2.45) is 14.1 Å². The van der Waals surface area contributed by atoms with Crippen molar-refractivity contribution >= 4 is 22.9 Å². The fourth-order valence-electron chi connectivity index (χ4n) is 2.33. The molecule has 0 spiro atoms. The van der Waals surface area contributed by atoms with Crippen LogP contribution in [0, 0.1) is 0 Å². The summed E-state index contributed by atoms with van der Waals surface area (Å²) in [6.07, 6.45) is 1.95. The fourth-order valence-corrected chi connectivity index (χ4v) is 2.33. The Hall–Kier alpha value is -2.71. The molecule has 0 unspecified atom stereocenters. The second-order valence-electron chi connectivity index (χ2n) is 5.40. The number of amides is 1. The van der Waals surface area contributed by atoms with Crippen LogP contribution < -0.4 is 16.6 Å². The van der Waals surface area contributed by atoms with Crippen LogP contribution in [0.5, 0.6) is 0 Å². The summed E-state index contributed by atoms with van der Waals surface area (Å²) in [5.74, 6) is -0.501. The Morgan fingerprint density at radius 3 is 2.57 bits per heavy atom. The fraction of sp³-hybridized carbons (Fsp3) is 0.500. The molecule has 0 fully saturated rings. The molecule has 0 bridgehead atoms. The quantitative estimate of drug-likeness (QED) is 0.538. The van der Waals surface area contributed by atoms with E-state index in [1.165, 1.54) is 24.9 Å². The zero-order valence-electron chi connectivity index (χ0n) is 13.3. The summed E-state index contributed by atoms with van der Waals surface area (Å²) in [5.41, 5.74) is -0.145. The van der Waals surface area contributed by atoms with Crippen molar-refractivity contribution in [1.29, 1.82) is 0 Å². The Morgan fingerprint density at radius 1 is 1.22 bits per heavy atom. The van der Waals surface area contributed by atoms with E-state index < -0.39 is 11.2 Å². The third-order valence-corrected chi connectivity index (χ3v) is 3.52. The molecule has 23 heavy (non-hydrogen) atoms. The first-order valence-corrected chi connectivity index (χ1v) is 7.20. The number of hydrogen-bond donors (Lipinski definition) is 1. The van der Waals surface area contributed by atoms with Crippen molar-refractivity contribution in [2.75, 3.05) is 6.54 Å². The second kappa shape index (κ2) is 6.59. The summed E-state index contributed by atoms with van der Waals surface area (Å²) < 4.78 is 4.02. The lowest BCUT2D eigenvalue weighted by Gasteiger charge is -2.07. The Labute approximate surface area is 131 Å². The smallest absolute Gasteiger partial charge is 0.332 e. The average molecular weight is 321 g/mol. The summed E-state index contributed by atoms with van der Waals surface area (Å²) in [6.45, 7) is 2.21. The van der Waals surface area contributed by atoms with Gasteiger partial charge in [-0.3, -0.25) is 23.5 Å². The van der Waals surface area contributed by atoms with E-state index in [1.807, 2.05) is 0 Å². The Morgan fingerprint density at radius 2 is 1.91 bits per heavy atom. The zero-order valence-corrected chi connectivity index (χ0v) is 13.3. The van der Waals surface area contributed by atoms with Crippen LogP contribution in [0.15, 0.2) is 15.9 Å². The number of nitrogens with zero attached hydrogens (tertiary/aromatic N) is 4. The maximum Gasteiger partial charge on any atom is 0.332 e. The van der Waals surface area contributed by atoms with Gasteiger partial charge in [0.15, 0.2) is 11.2 Å². The molecule has 124 valence electrons. The highest BCUT2D eigenvalue weighted by Gasteiger charge is 2.14. The van der Waals surface area contributed by atoms with Crippen molar-refractivity contribution in [3.63, 3.8) is 0 Å². The third kappa shape index (κ3) is 3.38. The van der Waals surface area contributed by atoms with Crippen molar-refractivity contribution in [3.05, 3.63) is 27.2 Å². The molecule has 2 rings (SSSR count). The Bertz CT molecular complexity index is 874. The van der Waals surface area contributed by atoms with E-state index in [-0.39, 0.29) is 18.1 Å². The number of Topliss-reactive ketones (excluding diaryl/α,β-unsaturated/α-hetero) is 1. The third-order valence-electron chi connectivity index (χ3n) is 3.52. The highest BCUT2D eigenvalue weighted by Crippen LogP contribution is 2.05. The first-order valence-electron chi connectivity index (χ1n) is 7.20. The zero-order chi connectivity index (χ0) is 17.1. The van der Waals surface area contributed by atoms with E-state index in [9.17, 15) is 19.2 Å². The topological polar surface area (TPSA) is 108 Å². The molecule has 9 nitrogen and oxygen atoms in total. The van der Waals surface area contributed by atoms with Gasteiger partial charge >= 0.3 is 5.69 Å². The van der Waals surface area contributed by atoms with Gasteiger partial charge in [-0.2, -0.15) is 0 Å². The number of aryl methyl sites for hydroxylation is 2. The lowest BCUT2D eigenvalue weighted by atomic mass is 10.3. The van der Waals surface area contributed by atoms with Crippen LogP contribution in [-0.2, 0) is 30.2 Å². The minimum Gasteiger partial charge on any atom is -0.356 e. The number of imidazole rings is 1. The van der Waals surface area contributed by atoms with Gasteiger partial charge in [-0.15, -0.1) is 0 Å². The van der Waals surface area contributed by atoms with E-state index in [4.69, 9.17) is 0 Å². The molecular weight excluding hydrogens is 302 g/mol. The molecule has 0 aliphatic carbocycles. The number of nitrogens with one attached hydrogen (secondary N) is 1. The van der Waals surface area contributed by atoms with Gasteiger partial charge in [0.1, 0.15) is 5.78 Å². The molecule has 0 aromatic carbocycles. The highest BCUT2D eigenvalue weighted by atomic mass is 16.2. The predicted octanol–water partition coefficient (Wildman–Crippen LogP) is -1.08. The van der Waals surface area contributed by atoms with Crippen molar-refractivity contribution in [1.82, 2.24) is 24.0 Å². The molecule has 0 saturated heterocycles. The molecule has 0 aliphatic rings. The monoisotopic (exact) mass is 321 g/mol. The van der Waals surface area contributed by atoms with E-state index in [1.54, 1.807) is 11.6 Å². The second-order valence-corrected chi connectivity index (χ2v) is 5.40. The summed E-state index contributed by atoms with van der Waals surface area (Å²) in [7, 11) is 2.98. The molecule has 0 saturated carbocycles. The summed E-state index contributed by atoms with van der Waals surface area (Å²) in [4.78, 5) is 50.4. The van der Waals surface area contributed by atoms with Gasteiger partial charge in [-0.1, -0.05) is 0 Å². The molecule has 2 heterocycles. The number of aromatic nitrogens is 4. The van der Waals surface area contributed by atoms with E-state index in [0.29, 0.717) is 30.7 Å². The normalized spacial score (nSPS) is 10.9. The standard InChI is InChI=1S/C14H19N5O4/c1-9(20)7-10(21)15-5-4-6-19-8-16-12-11(19)13(22)18(3)14(23)17(12)2/h8H,4-7H2,1-3H3,(H,15,21).